The molecule has 5 aromatic carbocycles. The number of fused-ring (bicyclic) bond motifs is 3. The summed E-state index contributed by atoms with van der Waals surface area (Å²) < 4.78 is 0. The Hall–Kier alpha value is -4.24. The van der Waals surface area contributed by atoms with Gasteiger partial charge in [0.05, 0.1) is 24.2 Å². The molecule has 7 rings (SSSR count). The Morgan fingerprint density at radius 1 is 0.373 bits per heavy atom. The first-order valence-electron chi connectivity index (χ1n) is 18.3. The van der Waals surface area contributed by atoms with E-state index in [-0.39, 0.29) is 5.41 Å². The molecule has 0 atom stereocenters. The molecule has 0 radical (unpaired) electrons. The van der Waals surface area contributed by atoms with Gasteiger partial charge in [0.25, 0.3) is 0 Å². The number of aromatic nitrogens is 3. The summed E-state index contributed by atoms with van der Waals surface area (Å²) in [7, 11) is -4.30. The van der Waals surface area contributed by atoms with Crippen LogP contribution in [0.5, 0.6) is 0 Å². The van der Waals surface area contributed by atoms with Crippen LogP contribution in [0.1, 0.15) is 25.0 Å². The quantitative estimate of drug-likeness (QED) is 0.154. The Morgan fingerprint density at radius 3 is 1.24 bits per heavy atom. The fourth-order valence-electron chi connectivity index (χ4n) is 7.22. The number of rotatable bonds is 7. The SMILES string of the molecule is CC1(C)c2cc(-c3cccc(-c4nc(-c5ccc([Si](C)(C)C)cc5)nc(-c5ccc([Si](C)(C)C)cc5)n4)c3)ccc2-c2ccc([Si](C)(C)C)cc21. The molecule has 0 bridgehead atoms. The van der Waals surface area contributed by atoms with Gasteiger partial charge in [-0.2, -0.15) is 0 Å². The normalized spacial score (nSPS) is 13.9. The molecular formula is C45H51N3Si3. The Kier molecular flexibility index (Phi) is 8.60. The zero-order chi connectivity index (χ0) is 36.5. The molecule has 0 fully saturated rings. The number of benzene rings is 5. The Bertz CT molecular complexity index is 2190. The third-order valence-corrected chi connectivity index (χ3v) is 16.8. The van der Waals surface area contributed by atoms with Gasteiger partial charge < -0.3 is 0 Å². The minimum absolute atomic E-state index is 0.0674. The minimum atomic E-state index is -1.44. The van der Waals surface area contributed by atoms with Crippen molar-refractivity contribution in [3.63, 3.8) is 0 Å². The monoisotopic (exact) mass is 717 g/mol. The lowest BCUT2D eigenvalue weighted by Gasteiger charge is -2.24. The van der Waals surface area contributed by atoms with Crippen molar-refractivity contribution in [3.8, 4) is 56.4 Å². The van der Waals surface area contributed by atoms with Crippen LogP contribution in [-0.2, 0) is 5.41 Å². The van der Waals surface area contributed by atoms with Gasteiger partial charge in [-0.25, -0.2) is 15.0 Å². The maximum absolute atomic E-state index is 5.12. The van der Waals surface area contributed by atoms with Crippen LogP contribution in [0.2, 0.25) is 58.9 Å². The minimum Gasteiger partial charge on any atom is -0.208 e. The first kappa shape index (κ1) is 35.2. The molecule has 1 aromatic heterocycles. The lowest BCUT2D eigenvalue weighted by molar-refractivity contribution is 0.661. The van der Waals surface area contributed by atoms with Crippen molar-refractivity contribution in [1.29, 1.82) is 0 Å². The van der Waals surface area contributed by atoms with E-state index in [1.807, 2.05) is 0 Å². The summed E-state index contributed by atoms with van der Waals surface area (Å²) in [6.07, 6.45) is 0. The lowest BCUT2D eigenvalue weighted by Crippen LogP contribution is -2.38. The maximum atomic E-state index is 5.12. The fraction of sp³-hybridized carbons (Fsp3) is 0.267. The molecule has 6 heteroatoms. The molecule has 6 aromatic rings. The van der Waals surface area contributed by atoms with Gasteiger partial charge in [-0.3, -0.25) is 0 Å². The zero-order valence-corrected chi connectivity index (χ0v) is 35.2. The second-order valence-corrected chi connectivity index (χ2v) is 33.2. The van der Waals surface area contributed by atoms with Gasteiger partial charge >= 0.3 is 0 Å². The molecule has 0 spiro atoms. The van der Waals surface area contributed by atoms with Crippen molar-refractivity contribution in [2.75, 3.05) is 0 Å². The Balaban J connectivity index is 1.30. The van der Waals surface area contributed by atoms with Crippen LogP contribution in [0.25, 0.3) is 56.4 Å². The van der Waals surface area contributed by atoms with E-state index in [0.29, 0.717) is 17.5 Å². The smallest absolute Gasteiger partial charge is 0.164 e. The van der Waals surface area contributed by atoms with Crippen molar-refractivity contribution >= 4 is 39.8 Å². The van der Waals surface area contributed by atoms with Crippen LogP contribution >= 0.6 is 0 Å². The van der Waals surface area contributed by atoms with E-state index < -0.39 is 24.2 Å². The highest BCUT2D eigenvalue weighted by Gasteiger charge is 2.36. The topological polar surface area (TPSA) is 38.7 Å². The third kappa shape index (κ3) is 6.77. The molecule has 1 aliphatic carbocycles. The first-order valence-corrected chi connectivity index (χ1v) is 28.8. The predicted octanol–water partition coefficient (Wildman–Crippen LogP) is 10.5. The van der Waals surface area contributed by atoms with Gasteiger partial charge in [-0.05, 0) is 45.5 Å². The third-order valence-electron chi connectivity index (χ3n) is 10.6. The number of nitrogens with zero attached hydrogens (tertiary/aromatic N) is 3. The second kappa shape index (κ2) is 12.5. The predicted molar refractivity (Wildman–Crippen MR) is 228 cm³/mol. The Morgan fingerprint density at radius 2 is 0.745 bits per heavy atom. The summed E-state index contributed by atoms with van der Waals surface area (Å²) in [5, 5.41) is 4.37. The molecule has 1 aliphatic rings. The fourth-order valence-corrected chi connectivity index (χ4v) is 10.7. The van der Waals surface area contributed by atoms with Gasteiger partial charge in [0.2, 0.25) is 0 Å². The molecule has 0 saturated heterocycles. The highest BCUT2D eigenvalue weighted by molar-refractivity contribution is 6.89. The van der Waals surface area contributed by atoms with Crippen LogP contribution in [0, 0.1) is 0 Å². The molecule has 1 heterocycles. The van der Waals surface area contributed by atoms with Crippen LogP contribution < -0.4 is 15.6 Å². The van der Waals surface area contributed by atoms with E-state index in [4.69, 9.17) is 15.0 Å². The molecule has 0 amide bonds. The van der Waals surface area contributed by atoms with Gasteiger partial charge in [0, 0.05) is 22.1 Å². The molecule has 0 aliphatic heterocycles. The van der Waals surface area contributed by atoms with Crippen molar-refractivity contribution in [1.82, 2.24) is 15.0 Å². The van der Waals surface area contributed by atoms with Crippen molar-refractivity contribution in [2.45, 2.75) is 78.2 Å². The summed E-state index contributed by atoms with van der Waals surface area (Å²) in [6.45, 7) is 26.3. The molecular weight excluding hydrogens is 667 g/mol. The molecule has 0 unspecified atom stereocenters. The maximum Gasteiger partial charge on any atom is 0.164 e. The van der Waals surface area contributed by atoms with Gasteiger partial charge in [0.1, 0.15) is 0 Å². The van der Waals surface area contributed by atoms with Crippen molar-refractivity contribution in [2.24, 2.45) is 0 Å². The van der Waals surface area contributed by atoms with Gasteiger partial charge in [-0.1, -0.05) is 185 Å². The highest BCUT2D eigenvalue weighted by atomic mass is 28.3. The largest absolute Gasteiger partial charge is 0.208 e. The van der Waals surface area contributed by atoms with Crippen LogP contribution in [0.3, 0.4) is 0 Å². The number of hydrogen-bond acceptors (Lipinski definition) is 3. The summed E-state index contributed by atoms with van der Waals surface area (Å²) in [5.74, 6) is 2.09. The molecule has 258 valence electrons. The Labute approximate surface area is 308 Å². The van der Waals surface area contributed by atoms with Gasteiger partial charge in [0.15, 0.2) is 17.5 Å². The summed E-state index contributed by atoms with van der Waals surface area (Å²) in [5.41, 5.74) is 10.9. The average Bonchev–Trinajstić information content (AvgIpc) is 3.32. The molecule has 3 nitrogen and oxygen atoms in total. The zero-order valence-electron chi connectivity index (χ0n) is 32.2. The molecule has 51 heavy (non-hydrogen) atoms. The van der Waals surface area contributed by atoms with Crippen LogP contribution in [0.15, 0.2) is 109 Å². The summed E-state index contributed by atoms with van der Waals surface area (Å²) in [6, 6.07) is 40.7. The average molecular weight is 718 g/mol. The van der Waals surface area contributed by atoms with Crippen LogP contribution in [0.4, 0.5) is 0 Å². The standard InChI is InChI=1S/C45H51N3Si3/c1-45(2)40-28-33(19-25-38(40)39-26-24-37(29-41(39)45)51(9,10)11)32-13-12-14-34(27-32)44-47-42(30-15-20-35(21-16-30)49(3,4)5)46-43(48-44)31-17-22-36(23-18-31)50(6,7)8/h12-29H,1-11H3. The van der Waals surface area contributed by atoms with Crippen molar-refractivity contribution < 1.29 is 0 Å². The molecule has 0 N–H and O–H groups in total. The number of hydrogen-bond donors (Lipinski definition) is 0. The second-order valence-electron chi connectivity index (χ2n) is 17.9. The molecule has 0 saturated carbocycles. The van der Waals surface area contributed by atoms with E-state index >= 15 is 0 Å². The van der Waals surface area contributed by atoms with Crippen molar-refractivity contribution in [3.05, 3.63) is 120 Å². The lowest BCUT2D eigenvalue weighted by atomic mass is 9.81. The van der Waals surface area contributed by atoms with Gasteiger partial charge in [-0.15, -0.1) is 0 Å². The van der Waals surface area contributed by atoms with E-state index in [1.165, 1.54) is 43.4 Å². The first-order chi connectivity index (χ1) is 23.9. The van der Waals surface area contributed by atoms with Crippen LogP contribution in [-0.4, -0.2) is 39.2 Å². The van der Waals surface area contributed by atoms with E-state index in [0.717, 1.165) is 22.3 Å². The van der Waals surface area contributed by atoms with E-state index in [9.17, 15) is 0 Å². The summed E-state index contributed by atoms with van der Waals surface area (Å²) >= 11 is 0. The highest BCUT2D eigenvalue weighted by Crippen LogP contribution is 2.49. The summed E-state index contributed by atoms with van der Waals surface area (Å²) in [4.78, 5) is 15.3. The van der Waals surface area contributed by atoms with E-state index in [1.54, 1.807) is 0 Å². The van der Waals surface area contributed by atoms with E-state index in [2.05, 4.69) is 182 Å².